The summed E-state index contributed by atoms with van der Waals surface area (Å²) >= 11 is 0. The molecule has 0 saturated heterocycles. The summed E-state index contributed by atoms with van der Waals surface area (Å²) in [4.78, 5) is 8.72. The molecule has 3 aromatic rings. The smallest absolute Gasteiger partial charge is 0.229 e. The fourth-order valence-electron chi connectivity index (χ4n) is 2.59. The van der Waals surface area contributed by atoms with Crippen LogP contribution in [0.2, 0.25) is 0 Å². The quantitative estimate of drug-likeness (QED) is 0.602. The van der Waals surface area contributed by atoms with E-state index in [2.05, 4.69) is 46.5 Å². The van der Waals surface area contributed by atoms with E-state index in [1.165, 1.54) is 0 Å². The van der Waals surface area contributed by atoms with E-state index < -0.39 is 0 Å². The molecule has 0 spiro atoms. The summed E-state index contributed by atoms with van der Waals surface area (Å²) in [5.74, 6) is 3.89. The van der Waals surface area contributed by atoms with Crippen LogP contribution in [0.25, 0.3) is 0 Å². The minimum Gasteiger partial charge on any atom is -0.493 e. The summed E-state index contributed by atoms with van der Waals surface area (Å²) in [6, 6.07) is 7.15. The lowest BCUT2D eigenvalue weighted by Gasteiger charge is -2.14. The maximum absolute atomic E-state index is 5.39. The molecule has 0 aliphatic rings. The molecule has 9 nitrogen and oxygen atoms in total. The maximum Gasteiger partial charge on any atom is 0.229 e. The van der Waals surface area contributed by atoms with Crippen LogP contribution in [-0.2, 0) is 5.41 Å². The molecule has 3 rings (SSSR count). The molecule has 0 radical (unpaired) electrons. The molecule has 0 aliphatic carbocycles. The van der Waals surface area contributed by atoms with Gasteiger partial charge in [-0.05, 0) is 6.07 Å². The van der Waals surface area contributed by atoms with Crippen LogP contribution in [0.3, 0.4) is 0 Å². The lowest BCUT2D eigenvalue weighted by atomic mass is 9.93. The van der Waals surface area contributed by atoms with E-state index in [1.807, 2.05) is 6.07 Å². The van der Waals surface area contributed by atoms with E-state index in [0.717, 1.165) is 5.76 Å². The number of methoxy groups -OCH3 is 3. The first-order chi connectivity index (χ1) is 13.8. The molecule has 154 valence electrons. The van der Waals surface area contributed by atoms with E-state index in [4.69, 9.17) is 18.7 Å². The highest BCUT2D eigenvalue weighted by Crippen LogP contribution is 2.40. The number of rotatable bonds is 7. The lowest BCUT2D eigenvalue weighted by Crippen LogP contribution is -2.09. The van der Waals surface area contributed by atoms with Gasteiger partial charge in [0.1, 0.15) is 11.6 Å². The van der Waals surface area contributed by atoms with Crippen molar-refractivity contribution < 1.29 is 18.7 Å². The molecule has 0 fully saturated rings. The minimum atomic E-state index is -0.127. The highest BCUT2D eigenvalue weighted by atomic mass is 16.5. The normalized spacial score (nSPS) is 11.1. The van der Waals surface area contributed by atoms with Gasteiger partial charge >= 0.3 is 0 Å². The molecule has 9 heteroatoms. The third kappa shape index (κ3) is 4.68. The number of hydrogen-bond donors (Lipinski definition) is 2. The van der Waals surface area contributed by atoms with Crippen molar-refractivity contribution in [2.75, 3.05) is 32.0 Å². The van der Waals surface area contributed by atoms with Gasteiger partial charge in [-0.2, -0.15) is 4.98 Å². The van der Waals surface area contributed by atoms with E-state index in [9.17, 15) is 0 Å². The second kappa shape index (κ2) is 8.26. The van der Waals surface area contributed by atoms with Gasteiger partial charge < -0.3 is 29.4 Å². The number of benzene rings is 1. The Morgan fingerprint density at radius 1 is 0.897 bits per heavy atom. The van der Waals surface area contributed by atoms with Gasteiger partial charge in [0.2, 0.25) is 11.7 Å². The van der Waals surface area contributed by atoms with Crippen LogP contribution < -0.4 is 24.8 Å². The van der Waals surface area contributed by atoms with Gasteiger partial charge in [0, 0.05) is 35.5 Å². The molecule has 0 saturated carbocycles. The number of aromatic nitrogens is 3. The summed E-state index contributed by atoms with van der Waals surface area (Å²) in [6.45, 7) is 6.17. The average Bonchev–Trinajstić information content (AvgIpc) is 3.16. The predicted octanol–water partition coefficient (Wildman–Crippen LogP) is 4.28. The van der Waals surface area contributed by atoms with Crippen molar-refractivity contribution in [3.8, 4) is 17.2 Å². The Morgan fingerprint density at radius 2 is 1.59 bits per heavy atom. The third-order valence-electron chi connectivity index (χ3n) is 4.08. The van der Waals surface area contributed by atoms with Gasteiger partial charge in [-0.3, -0.25) is 0 Å². The van der Waals surface area contributed by atoms with Crippen molar-refractivity contribution in [2.45, 2.75) is 26.2 Å². The summed E-state index contributed by atoms with van der Waals surface area (Å²) in [7, 11) is 4.68. The Bertz CT molecular complexity index is 956. The second-order valence-corrected chi connectivity index (χ2v) is 7.26. The highest BCUT2D eigenvalue weighted by Gasteiger charge is 2.20. The Hall–Kier alpha value is -3.49. The Kier molecular flexibility index (Phi) is 5.76. The molecular formula is C20H25N5O4. The van der Waals surface area contributed by atoms with E-state index in [0.29, 0.717) is 40.5 Å². The minimum absolute atomic E-state index is 0.127. The maximum atomic E-state index is 5.39. The molecule has 0 bridgehead atoms. The third-order valence-corrected chi connectivity index (χ3v) is 4.08. The van der Waals surface area contributed by atoms with Crippen LogP contribution in [0, 0.1) is 0 Å². The highest BCUT2D eigenvalue weighted by molar-refractivity contribution is 5.66. The summed E-state index contributed by atoms with van der Waals surface area (Å²) in [5.41, 5.74) is 0.561. The second-order valence-electron chi connectivity index (χ2n) is 7.26. The van der Waals surface area contributed by atoms with Crippen molar-refractivity contribution in [1.82, 2.24) is 15.1 Å². The van der Waals surface area contributed by atoms with Gasteiger partial charge in [-0.25, -0.2) is 4.98 Å². The number of anilines is 4. The zero-order chi connectivity index (χ0) is 21.0. The van der Waals surface area contributed by atoms with E-state index >= 15 is 0 Å². The van der Waals surface area contributed by atoms with Gasteiger partial charge in [0.15, 0.2) is 17.3 Å². The summed E-state index contributed by atoms with van der Waals surface area (Å²) in [6.07, 6.45) is 1.64. The first kappa shape index (κ1) is 20.2. The molecule has 2 N–H and O–H groups in total. The van der Waals surface area contributed by atoms with Crippen molar-refractivity contribution in [1.29, 1.82) is 0 Å². The molecule has 0 atom stereocenters. The molecule has 2 aromatic heterocycles. The number of nitrogens with zero attached hydrogens (tertiary/aromatic N) is 3. The number of ether oxygens (including phenoxy) is 3. The molecule has 2 heterocycles. The Balaban J connectivity index is 1.81. The standard InChI is InChI=1S/C20H25N5O4/c1-20(2,3)15-11-17(25-29-15)23-16-7-8-21-19(24-16)22-12-9-13(26-4)18(28-6)14(10-12)27-5/h7-11H,1-6H3,(H2,21,22,23,24,25). The van der Waals surface area contributed by atoms with Crippen molar-refractivity contribution in [3.05, 3.63) is 36.2 Å². The molecule has 0 unspecified atom stereocenters. The van der Waals surface area contributed by atoms with Crippen LogP contribution in [0.1, 0.15) is 26.5 Å². The Morgan fingerprint density at radius 3 is 2.14 bits per heavy atom. The van der Waals surface area contributed by atoms with Crippen LogP contribution in [0.5, 0.6) is 17.2 Å². The van der Waals surface area contributed by atoms with Crippen LogP contribution in [-0.4, -0.2) is 36.5 Å². The predicted molar refractivity (Wildman–Crippen MR) is 110 cm³/mol. The number of nitrogens with one attached hydrogen (secondary N) is 2. The molecule has 1 aromatic carbocycles. The largest absolute Gasteiger partial charge is 0.493 e. The van der Waals surface area contributed by atoms with Gasteiger partial charge in [-0.1, -0.05) is 25.9 Å². The molecule has 0 amide bonds. The zero-order valence-electron chi connectivity index (χ0n) is 17.4. The lowest BCUT2D eigenvalue weighted by molar-refractivity contribution is 0.324. The van der Waals surface area contributed by atoms with Crippen molar-refractivity contribution in [3.63, 3.8) is 0 Å². The van der Waals surface area contributed by atoms with Gasteiger partial charge in [-0.15, -0.1) is 0 Å². The zero-order valence-corrected chi connectivity index (χ0v) is 17.4. The number of hydrogen-bond acceptors (Lipinski definition) is 9. The van der Waals surface area contributed by atoms with Crippen LogP contribution in [0.4, 0.5) is 23.3 Å². The van der Waals surface area contributed by atoms with Crippen molar-refractivity contribution in [2.24, 2.45) is 0 Å². The molecular weight excluding hydrogens is 374 g/mol. The summed E-state index contributed by atoms with van der Waals surface area (Å²) in [5, 5.41) is 10.3. The topological polar surface area (TPSA) is 104 Å². The van der Waals surface area contributed by atoms with Crippen molar-refractivity contribution >= 4 is 23.3 Å². The molecule has 29 heavy (non-hydrogen) atoms. The van der Waals surface area contributed by atoms with Gasteiger partial charge in [0.05, 0.1) is 21.3 Å². The fraction of sp³-hybridized carbons (Fsp3) is 0.350. The fourth-order valence-corrected chi connectivity index (χ4v) is 2.59. The Labute approximate surface area is 169 Å². The average molecular weight is 399 g/mol. The monoisotopic (exact) mass is 399 g/mol. The SMILES string of the molecule is COc1cc(Nc2nccc(Nc3cc(C(C)(C)C)on3)n2)cc(OC)c1OC. The van der Waals surface area contributed by atoms with Crippen LogP contribution in [0.15, 0.2) is 35.0 Å². The van der Waals surface area contributed by atoms with Gasteiger partial charge in [0.25, 0.3) is 0 Å². The van der Waals surface area contributed by atoms with E-state index in [1.54, 1.807) is 45.7 Å². The molecule has 0 aliphatic heterocycles. The van der Waals surface area contributed by atoms with E-state index in [-0.39, 0.29) is 5.41 Å². The van der Waals surface area contributed by atoms with Crippen LogP contribution >= 0.6 is 0 Å². The first-order valence-corrected chi connectivity index (χ1v) is 8.98. The summed E-state index contributed by atoms with van der Waals surface area (Å²) < 4.78 is 21.5. The first-order valence-electron chi connectivity index (χ1n) is 8.98.